The zero-order valence-corrected chi connectivity index (χ0v) is 18.3. The smallest absolute Gasteiger partial charge is 0.295 e. The van der Waals surface area contributed by atoms with Crippen LogP contribution in [0.25, 0.3) is 5.76 Å². The van der Waals surface area contributed by atoms with Gasteiger partial charge in [-0.25, -0.2) is 0 Å². The molecule has 164 valence electrons. The number of benzene rings is 2. The van der Waals surface area contributed by atoms with Crippen molar-refractivity contribution in [2.75, 3.05) is 26.9 Å². The van der Waals surface area contributed by atoms with Crippen LogP contribution in [-0.2, 0) is 14.3 Å². The van der Waals surface area contributed by atoms with Crippen LogP contribution < -0.4 is 4.74 Å². The summed E-state index contributed by atoms with van der Waals surface area (Å²) in [6.07, 6.45) is 1.94. The molecule has 0 aliphatic carbocycles. The first-order valence-electron chi connectivity index (χ1n) is 10.5. The summed E-state index contributed by atoms with van der Waals surface area (Å²) in [5.74, 6) is -0.932. The molecule has 1 N–H and O–H groups in total. The molecule has 3 rings (SSSR count). The first-order chi connectivity index (χ1) is 15.0. The van der Waals surface area contributed by atoms with Gasteiger partial charge in [0.05, 0.1) is 24.8 Å². The summed E-state index contributed by atoms with van der Waals surface area (Å²) in [5, 5.41) is 11.1. The molecule has 0 spiro atoms. The number of aryl methyl sites for hydroxylation is 1. The van der Waals surface area contributed by atoms with Crippen LogP contribution in [0.15, 0.2) is 54.1 Å². The summed E-state index contributed by atoms with van der Waals surface area (Å²) in [7, 11) is 1.54. The number of methoxy groups -OCH3 is 1. The van der Waals surface area contributed by atoms with Crippen LogP contribution in [0.5, 0.6) is 5.75 Å². The Morgan fingerprint density at radius 3 is 2.52 bits per heavy atom. The molecule has 31 heavy (non-hydrogen) atoms. The van der Waals surface area contributed by atoms with Gasteiger partial charge in [-0.1, -0.05) is 55.3 Å². The highest BCUT2D eigenvalue weighted by Crippen LogP contribution is 2.39. The highest BCUT2D eigenvalue weighted by Gasteiger charge is 2.45. The van der Waals surface area contributed by atoms with E-state index in [1.807, 2.05) is 31.2 Å². The van der Waals surface area contributed by atoms with Crippen molar-refractivity contribution in [2.24, 2.45) is 0 Å². The lowest BCUT2D eigenvalue weighted by atomic mass is 9.94. The molecular weight excluding hydrogens is 394 g/mol. The van der Waals surface area contributed by atoms with E-state index in [2.05, 4.69) is 6.92 Å². The van der Waals surface area contributed by atoms with E-state index in [0.717, 1.165) is 24.0 Å². The molecule has 0 saturated carbocycles. The number of unbranched alkanes of at least 4 members (excludes halogenated alkanes) is 1. The highest BCUT2D eigenvalue weighted by molar-refractivity contribution is 6.46. The van der Waals surface area contributed by atoms with Gasteiger partial charge >= 0.3 is 0 Å². The van der Waals surface area contributed by atoms with Gasteiger partial charge in [-0.05, 0) is 31.0 Å². The molecule has 2 aromatic carbocycles. The van der Waals surface area contributed by atoms with Gasteiger partial charge in [0.15, 0.2) is 0 Å². The summed E-state index contributed by atoms with van der Waals surface area (Å²) in [6.45, 7) is 5.16. The van der Waals surface area contributed by atoms with E-state index >= 15 is 0 Å². The predicted molar refractivity (Wildman–Crippen MR) is 119 cm³/mol. The van der Waals surface area contributed by atoms with E-state index in [1.54, 1.807) is 31.4 Å². The van der Waals surface area contributed by atoms with E-state index in [1.165, 1.54) is 4.90 Å². The van der Waals surface area contributed by atoms with Crippen LogP contribution >= 0.6 is 0 Å². The molecular formula is C25H29NO5. The number of rotatable bonds is 9. The highest BCUT2D eigenvalue weighted by atomic mass is 16.5. The van der Waals surface area contributed by atoms with Crippen molar-refractivity contribution >= 4 is 17.4 Å². The van der Waals surface area contributed by atoms with Gasteiger partial charge in [0.1, 0.15) is 11.5 Å². The molecule has 1 fully saturated rings. The SMILES string of the molecule is CCCCOc1cccc(C(O)=C2C(=O)C(=O)N(CCOC)C2c2ccc(C)cc2)c1. The van der Waals surface area contributed by atoms with Crippen molar-refractivity contribution in [2.45, 2.75) is 32.7 Å². The normalized spacial score (nSPS) is 17.9. The van der Waals surface area contributed by atoms with Gasteiger partial charge in [0.2, 0.25) is 0 Å². The van der Waals surface area contributed by atoms with Gasteiger partial charge in [-0.3, -0.25) is 9.59 Å². The minimum Gasteiger partial charge on any atom is -0.507 e. The molecule has 1 unspecified atom stereocenters. The zero-order chi connectivity index (χ0) is 22.4. The number of aliphatic hydroxyl groups excluding tert-OH is 1. The number of likely N-dealkylation sites (tertiary alicyclic amines) is 1. The second-order valence-corrected chi connectivity index (χ2v) is 7.63. The second-order valence-electron chi connectivity index (χ2n) is 7.63. The molecule has 1 saturated heterocycles. The minimum atomic E-state index is -0.698. The Labute approximate surface area is 183 Å². The van der Waals surface area contributed by atoms with Gasteiger partial charge < -0.3 is 19.5 Å². The number of hydrogen-bond donors (Lipinski definition) is 1. The molecule has 1 atom stereocenters. The number of nitrogens with zero attached hydrogens (tertiary/aromatic N) is 1. The van der Waals surface area contributed by atoms with Crippen LogP contribution in [0.1, 0.15) is 42.5 Å². The van der Waals surface area contributed by atoms with Crippen molar-refractivity contribution in [1.29, 1.82) is 0 Å². The van der Waals surface area contributed by atoms with Gasteiger partial charge in [-0.15, -0.1) is 0 Å². The van der Waals surface area contributed by atoms with Crippen LogP contribution in [0.3, 0.4) is 0 Å². The molecule has 6 heteroatoms. The number of carbonyl (C=O) groups excluding carboxylic acids is 2. The molecule has 1 amide bonds. The largest absolute Gasteiger partial charge is 0.507 e. The number of Topliss-reactive ketones (excluding diaryl/α,β-unsaturated/α-hetero) is 1. The summed E-state index contributed by atoms with van der Waals surface area (Å²) >= 11 is 0. The maximum atomic E-state index is 13.0. The molecule has 1 heterocycles. The Bertz CT molecular complexity index is 964. The maximum Gasteiger partial charge on any atom is 0.295 e. The summed E-state index contributed by atoms with van der Waals surface area (Å²) in [4.78, 5) is 27.2. The first-order valence-corrected chi connectivity index (χ1v) is 10.5. The van der Waals surface area contributed by atoms with E-state index in [9.17, 15) is 14.7 Å². The van der Waals surface area contributed by atoms with Crippen molar-refractivity contribution in [3.63, 3.8) is 0 Å². The van der Waals surface area contributed by atoms with Gasteiger partial charge in [-0.2, -0.15) is 0 Å². The maximum absolute atomic E-state index is 13.0. The predicted octanol–water partition coefficient (Wildman–Crippen LogP) is 4.24. The fourth-order valence-corrected chi connectivity index (χ4v) is 3.62. The number of hydrogen-bond acceptors (Lipinski definition) is 5. The molecule has 0 radical (unpaired) electrons. The Hall–Kier alpha value is -3.12. The monoisotopic (exact) mass is 423 g/mol. The van der Waals surface area contributed by atoms with Crippen LogP contribution in [0, 0.1) is 6.92 Å². The topological polar surface area (TPSA) is 76.1 Å². The van der Waals surface area contributed by atoms with E-state index in [0.29, 0.717) is 17.9 Å². The number of aliphatic hydroxyl groups is 1. The Balaban J connectivity index is 2.05. The van der Waals surface area contributed by atoms with Crippen LogP contribution in [-0.4, -0.2) is 48.6 Å². The summed E-state index contributed by atoms with van der Waals surface area (Å²) < 4.78 is 10.9. The van der Waals surface area contributed by atoms with Crippen molar-refractivity contribution in [3.05, 3.63) is 70.8 Å². The Kier molecular flexibility index (Phi) is 7.47. The molecule has 0 bridgehead atoms. The van der Waals surface area contributed by atoms with Crippen molar-refractivity contribution in [3.8, 4) is 5.75 Å². The molecule has 1 aliphatic heterocycles. The lowest BCUT2D eigenvalue weighted by molar-refractivity contribution is -0.140. The molecule has 0 aromatic heterocycles. The Morgan fingerprint density at radius 1 is 1.10 bits per heavy atom. The van der Waals surface area contributed by atoms with E-state index in [-0.39, 0.29) is 24.5 Å². The third kappa shape index (κ3) is 4.97. The fourth-order valence-electron chi connectivity index (χ4n) is 3.62. The lowest BCUT2D eigenvalue weighted by Gasteiger charge is -2.25. The lowest BCUT2D eigenvalue weighted by Crippen LogP contribution is -2.32. The second kappa shape index (κ2) is 10.3. The first kappa shape index (κ1) is 22.6. The van der Waals surface area contributed by atoms with Crippen LogP contribution in [0.2, 0.25) is 0 Å². The standard InChI is InChI=1S/C25H29NO5/c1-4-5-14-31-20-8-6-7-19(16-20)23(27)21-22(18-11-9-17(2)10-12-18)26(13-15-30-3)25(29)24(21)28/h6-12,16,22,27H,4-5,13-15H2,1-3H3. The molecule has 1 aliphatic rings. The quantitative estimate of drug-likeness (QED) is 0.283. The average Bonchev–Trinajstić information content (AvgIpc) is 3.03. The van der Waals surface area contributed by atoms with Gasteiger partial charge in [0, 0.05) is 19.2 Å². The Morgan fingerprint density at radius 2 is 1.84 bits per heavy atom. The number of amides is 1. The summed E-state index contributed by atoms with van der Waals surface area (Å²) in [5.41, 5.74) is 2.35. The summed E-state index contributed by atoms with van der Waals surface area (Å²) in [6, 6.07) is 13.9. The average molecular weight is 424 g/mol. The number of carbonyl (C=O) groups is 2. The molecule has 6 nitrogen and oxygen atoms in total. The molecule has 2 aromatic rings. The third-order valence-electron chi connectivity index (χ3n) is 5.34. The minimum absolute atomic E-state index is 0.0793. The number of ether oxygens (including phenoxy) is 2. The van der Waals surface area contributed by atoms with Gasteiger partial charge in [0.25, 0.3) is 11.7 Å². The van der Waals surface area contributed by atoms with Crippen molar-refractivity contribution in [1.82, 2.24) is 4.90 Å². The third-order valence-corrected chi connectivity index (χ3v) is 5.34. The van der Waals surface area contributed by atoms with E-state index in [4.69, 9.17) is 9.47 Å². The fraction of sp³-hybridized carbons (Fsp3) is 0.360. The zero-order valence-electron chi connectivity index (χ0n) is 18.3. The van der Waals surface area contributed by atoms with Crippen LogP contribution in [0.4, 0.5) is 0 Å². The van der Waals surface area contributed by atoms with E-state index < -0.39 is 17.7 Å². The van der Waals surface area contributed by atoms with Crippen molar-refractivity contribution < 1.29 is 24.2 Å². The number of ketones is 1.